The molecule has 0 bridgehead atoms. The minimum absolute atomic E-state index is 0.112. The van der Waals surface area contributed by atoms with Gasteiger partial charge in [-0.05, 0) is 48.4 Å². The summed E-state index contributed by atoms with van der Waals surface area (Å²) in [7, 11) is 1.65. The molecule has 0 saturated heterocycles. The largest absolute Gasteiger partial charge is 0.497 e. The van der Waals surface area contributed by atoms with E-state index in [1.54, 1.807) is 25.7 Å². The van der Waals surface area contributed by atoms with Crippen LogP contribution in [0, 0.1) is 0 Å². The predicted octanol–water partition coefficient (Wildman–Crippen LogP) is 3.51. The van der Waals surface area contributed by atoms with Gasteiger partial charge in [-0.3, -0.25) is 4.98 Å². The maximum absolute atomic E-state index is 5.18. The number of hydrogen-bond donors (Lipinski definition) is 1. The summed E-state index contributed by atoms with van der Waals surface area (Å²) in [6.45, 7) is 2.11. The number of nitrogens with zero attached hydrogens (tertiary/aromatic N) is 4. The van der Waals surface area contributed by atoms with Gasteiger partial charge in [-0.2, -0.15) is 5.10 Å². The summed E-state index contributed by atoms with van der Waals surface area (Å²) >= 11 is 0. The molecule has 0 aliphatic rings. The highest BCUT2D eigenvalue weighted by Gasteiger charge is 2.11. The first-order valence-electron chi connectivity index (χ1n) is 7.80. The Morgan fingerprint density at radius 3 is 2.50 bits per heavy atom. The van der Waals surface area contributed by atoms with Crippen LogP contribution in [0.3, 0.4) is 0 Å². The molecule has 1 unspecified atom stereocenters. The van der Waals surface area contributed by atoms with Gasteiger partial charge < -0.3 is 10.1 Å². The monoisotopic (exact) mass is 321 g/mol. The molecule has 0 radical (unpaired) electrons. The lowest BCUT2D eigenvalue weighted by Gasteiger charge is -2.17. The number of pyridine rings is 1. The summed E-state index contributed by atoms with van der Waals surface area (Å²) in [5.74, 6) is 1.31. The number of aromatic nitrogens is 4. The van der Waals surface area contributed by atoms with Crippen molar-refractivity contribution in [2.45, 2.75) is 19.4 Å². The van der Waals surface area contributed by atoms with E-state index < -0.39 is 0 Å². The van der Waals surface area contributed by atoms with Crippen LogP contribution in [0.1, 0.15) is 24.9 Å². The molecule has 2 aromatic heterocycles. The molecule has 6 heteroatoms. The lowest BCUT2D eigenvalue weighted by atomic mass is 10.1. The van der Waals surface area contributed by atoms with Gasteiger partial charge in [-0.1, -0.05) is 6.92 Å². The zero-order valence-electron chi connectivity index (χ0n) is 13.7. The third-order valence-corrected chi connectivity index (χ3v) is 3.76. The molecule has 3 rings (SSSR count). The van der Waals surface area contributed by atoms with Crippen LogP contribution >= 0.6 is 0 Å². The first-order chi connectivity index (χ1) is 11.8. The van der Waals surface area contributed by atoms with E-state index in [9.17, 15) is 0 Å². The number of nitrogens with one attached hydrogen (secondary N) is 1. The van der Waals surface area contributed by atoms with E-state index in [-0.39, 0.29) is 6.04 Å². The van der Waals surface area contributed by atoms with E-state index in [0.29, 0.717) is 5.95 Å². The Kier molecular flexibility index (Phi) is 4.96. The highest BCUT2D eigenvalue weighted by atomic mass is 16.5. The van der Waals surface area contributed by atoms with Crippen LogP contribution in [0.15, 0.2) is 55.0 Å². The second-order valence-electron chi connectivity index (χ2n) is 5.28. The third-order valence-electron chi connectivity index (χ3n) is 3.76. The van der Waals surface area contributed by atoms with Crippen molar-refractivity contribution in [2.24, 2.45) is 0 Å². The minimum Gasteiger partial charge on any atom is -0.497 e. The fourth-order valence-corrected chi connectivity index (χ4v) is 2.44. The summed E-state index contributed by atoms with van der Waals surface area (Å²) in [5, 5.41) is 11.5. The van der Waals surface area contributed by atoms with E-state index >= 15 is 0 Å². The van der Waals surface area contributed by atoms with E-state index in [0.717, 1.165) is 29.0 Å². The number of methoxy groups -OCH3 is 1. The van der Waals surface area contributed by atoms with Gasteiger partial charge in [0.2, 0.25) is 5.95 Å². The van der Waals surface area contributed by atoms with Gasteiger partial charge in [-0.15, -0.1) is 5.10 Å². The fourth-order valence-electron chi connectivity index (χ4n) is 2.44. The fraction of sp³-hybridized carbons (Fsp3) is 0.222. The van der Waals surface area contributed by atoms with Crippen molar-refractivity contribution in [1.29, 1.82) is 0 Å². The van der Waals surface area contributed by atoms with Crippen LogP contribution in [-0.4, -0.2) is 27.3 Å². The summed E-state index contributed by atoms with van der Waals surface area (Å²) in [6, 6.07) is 11.8. The zero-order chi connectivity index (χ0) is 16.8. The second kappa shape index (κ2) is 7.50. The van der Waals surface area contributed by atoms with E-state index in [1.807, 2.05) is 36.4 Å². The van der Waals surface area contributed by atoms with Crippen LogP contribution in [-0.2, 0) is 0 Å². The molecule has 0 aliphatic heterocycles. The first kappa shape index (κ1) is 15.9. The number of hydrogen-bond acceptors (Lipinski definition) is 6. The van der Waals surface area contributed by atoms with E-state index in [4.69, 9.17) is 4.74 Å². The Balaban J connectivity index is 1.81. The van der Waals surface area contributed by atoms with Gasteiger partial charge in [0, 0.05) is 18.0 Å². The molecule has 0 saturated carbocycles. The average molecular weight is 321 g/mol. The molecule has 1 atom stereocenters. The second-order valence-corrected chi connectivity index (χ2v) is 5.28. The average Bonchev–Trinajstić information content (AvgIpc) is 2.67. The first-order valence-corrected chi connectivity index (χ1v) is 7.80. The maximum Gasteiger partial charge on any atom is 0.243 e. The van der Waals surface area contributed by atoms with Gasteiger partial charge in [-0.25, -0.2) is 4.98 Å². The topological polar surface area (TPSA) is 72.8 Å². The molecule has 2 heterocycles. The van der Waals surface area contributed by atoms with Crippen molar-refractivity contribution in [2.75, 3.05) is 12.4 Å². The molecule has 122 valence electrons. The summed E-state index contributed by atoms with van der Waals surface area (Å²) in [6.07, 6.45) is 6.12. The number of rotatable bonds is 6. The lowest BCUT2D eigenvalue weighted by molar-refractivity contribution is 0.415. The molecule has 0 aliphatic carbocycles. The molecule has 1 N–H and O–H groups in total. The standard InChI is InChI=1S/C18H19N5O/c1-3-16(14-8-10-19-11-9-14)21-18-22-17(12-20-23-18)13-4-6-15(24-2)7-5-13/h4-12,16H,3H2,1-2H3,(H,21,22,23). The van der Waals surface area contributed by atoms with Crippen molar-refractivity contribution in [3.63, 3.8) is 0 Å². The molecular weight excluding hydrogens is 302 g/mol. The number of benzene rings is 1. The number of ether oxygens (including phenoxy) is 1. The Labute approximate surface area is 141 Å². The predicted molar refractivity (Wildman–Crippen MR) is 92.7 cm³/mol. The van der Waals surface area contributed by atoms with Gasteiger partial charge in [0.05, 0.1) is 25.0 Å². The smallest absolute Gasteiger partial charge is 0.243 e. The van der Waals surface area contributed by atoms with Gasteiger partial charge in [0.1, 0.15) is 5.75 Å². The van der Waals surface area contributed by atoms with Crippen molar-refractivity contribution in [3.05, 3.63) is 60.6 Å². The minimum atomic E-state index is 0.112. The number of anilines is 1. The van der Waals surface area contributed by atoms with Crippen LogP contribution in [0.2, 0.25) is 0 Å². The Bertz CT molecular complexity index is 777. The van der Waals surface area contributed by atoms with Crippen LogP contribution in [0.25, 0.3) is 11.3 Å². The van der Waals surface area contributed by atoms with Gasteiger partial charge >= 0.3 is 0 Å². The molecule has 0 amide bonds. The maximum atomic E-state index is 5.18. The zero-order valence-corrected chi connectivity index (χ0v) is 13.7. The molecule has 3 aromatic rings. The Morgan fingerprint density at radius 2 is 1.83 bits per heavy atom. The van der Waals surface area contributed by atoms with Crippen LogP contribution in [0.4, 0.5) is 5.95 Å². The third kappa shape index (κ3) is 3.65. The molecule has 1 aromatic carbocycles. The quantitative estimate of drug-likeness (QED) is 0.749. The van der Waals surface area contributed by atoms with Crippen molar-refractivity contribution in [1.82, 2.24) is 20.2 Å². The highest BCUT2D eigenvalue weighted by molar-refractivity contribution is 5.60. The Hall–Kier alpha value is -3.02. The molecule has 6 nitrogen and oxygen atoms in total. The molecular formula is C18H19N5O. The van der Waals surface area contributed by atoms with Gasteiger partial charge in [0.25, 0.3) is 0 Å². The lowest BCUT2D eigenvalue weighted by Crippen LogP contribution is -2.12. The molecule has 0 spiro atoms. The summed E-state index contributed by atoms with van der Waals surface area (Å²) in [4.78, 5) is 8.63. The van der Waals surface area contributed by atoms with E-state index in [2.05, 4.69) is 32.4 Å². The van der Waals surface area contributed by atoms with Gasteiger partial charge in [0.15, 0.2) is 0 Å². The summed E-state index contributed by atoms with van der Waals surface area (Å²) < 4.78 is 5.18. The summed E-state index contributed by atoms with van der Waals surface area (Å²) in [5.41, 5.74) is 2.87. The van der Waals surface area contributed by atoms with Crippen molar-refractivity contribution >= 4 is 5.95 Å². The van der Waals surface area contributed by atoms with Crippen molar-refractivity contribution < 1.29 is 4.74 Å². The SMILES string of the molecule is CCC(Nc1nncc(-c2ccc(OC)cc2)n1)c1ccncc1. The Morgan fingerprint density at radius 1 is 1.08 bits per heavy atom. The molecule has 0 fully saturated rings. The molecule has 24 heavy (non-hydrogen) atoms. The highest BCUT2D eigenvalue weighted by Crippen LogP contribution is 2.23. The normalized spacial score (nSPS) is 11.8. The van der Waals surface area contributed by atoms with E-state index in [1.165, 1.54) is 0 Å². The van der Waals surface area contributed by atoms with Crippen molar-refractivity contribution in [3.8, 4) is 17.0 Å². The van der Waals surface area contributed by atoms with Crippen LogP contribution < -0.4 is 10.1 Å². The van der Waals surface area contributed by atoms with Crippen LogP contribution in [0.5, 0.6) is 5.75 Å².